The maximum atomic E-state index is 15.4. The van der Waals surface area contributed by atoms with Gasteiger partial charge in [-0.1, -0.05) is 131 Å². The molecule has 0 bridgehead atoms. The Morgan fingerprint density at radius 1 is 0.569 bits per heavy atom. The molecular weight excluding hydrogens is 1400 g/mol. The molecule has 10 atom stereocenters. The second-order valence-corrected chi connectivity index (χ2v) is 30.4. The number of hydrogen-bond acceptors (Lipinski definition) is 15. The molecule has 1 fully saturated rings. The van der Waals surface area contributed by atoms with Gasteiger partial charge in [0.1, 0.15) is 0 Å². The van der Waals surface area contributed by atoms with E-state index in [0.717, 1.165) is 29.3 Å². The number of halogens is 1. The van der Waals surface area contributed by atoms with Crippen LogP contribution in [0.1, 0.15) is 153 Å². The average Bonchev–Trinajstić information content (AvgIpc) is 1.78. The quantitative estimate of drug-likeness (QED) is 0.0130. The molecule has 24 heteroatoms. The third kappa shape index (κ3) is 27.6. The Kier molecular flexibility index (Phi) is 33.8. The van der Waals surface area contributed by atoms with Crippen LogP contribution >= 0.6 is 11.6 Å². The number of fused-ring (bicyclic) bond motifs is 1. The Balaban J connectivity index is 1.16. The Morgan fingerprint density at radius 3 is 1.64 bits per heavy atom. The molecule has 0 aliphatic carbocycles. The number of amides is 8. The molecule has 23 nitrogen and oxygen atoms in total. The minimum atomic E-state index is -1.31. The minimum Gasteiger partial charge on any atom is -0.399 e. The highest BCUT2D eigenvalue weighted by Crippen LogP contribution is 2.30. The van der Waals surface area contributed by atoms with Crippen LogP contribution in [0.15, 0.2) is 140 Å². The molecule has 7 rings (SSSR count). The molecule has 5 aromatic carbocycles. The molecule has 6 aromatic rings. The number of nitrogens with zero attached hydrogens (tertiary/aromatic N) is 3. The normalized spacial score (nSPS) is 15.3. The molecule has 0 saturated carbocycles. The monoisotopic (exact) mass is 1510 g/mol. The van der Waals surface area contributed by atoms with Crippen molar-refractivity contribution in [2.75, 3.05) is 38.2 Å². The van der Waals surface area contributed by atoms with E-state index in [2.05, 4.69) is 55.6 Å². The molecule has 0 unspecified atom stereocenters. The number of nitrogens with one attached hydrogen (secondary N) is 6. The van der Waals surface area contributed by atoms with Gasteiger partial charge in [-0.25, -0.2) is 4.79 Å². The van der Waals surface area contributed by atoms with Crippen molar-refractivity contribution >= 4 is 104 Å². The summed E-state index contributed by atoms with van der Waals surface area (Å²) in [6.45, 7) is 13.7. The van der Waals surface area contributed by atoms with Crippen molar-refractivity contribution < 1.29 is 57.5 Å². The van der Waals surface area contributed by atoms with Crippen molar-refractivity contribution in [1.29, 1.82) is 0 Å². The zero-order chi connectivity index (χ0) is 79.4. The first-order chi connectivity index (χ1) is 52.0. The summed E-state index contributed by atoms with van der Waals surface area (Å²) >= 11 is 6.30. The molecule has 2 heterocycles. The third-order valence-corrected chi connectivity index (χ3v) is 20.8. The topological polar surface area (TPSA) is 348 Å². The minimum absolute atomic E-state index is 0.0446. The second kappa shape index (κ2) is 42.7. The summed E-state index contributed by atoms with van der Waals surface area (Å²) in [6.07, 6.45) is 4.43. The van der Waals surface area contributed by atoms with Gasteiger partial charge in [-0.3, -0.25) is 57.7 Å². The zero-order valence-electron chi connectivity index (χ0n) is 64.4. The highest BCUT2D eigenvalue weighted by atomic mass is 35.5. The zero-order valence-corrected chi connectivity index (χ0v) is 65.2. The number of nitrogens with two attached hydrogens (primary N) is 2. The average molecular weight is 1510 g/mol. The number of likely N-dealkylation sites (tertiary alicyclic amines) is 1. The summed E-state index contributed by atoms with van der Waals surface area (Å²) in [4.78, 5) is 180. The van der Waals surface area contributed by atoms with Gasteiger partial charge in [0.05, 0.1) is 30.2 Å². The number of benzene rings is 5. The van der Waals surface area contributed by atoms with Crippen LogP contribution in [0.25, 0.3) is 10.8 Å². The van der Waals surface area contributed by atoms with Crippen molar-refractivity contribution in [2.24, 2.45) is 41.2 Å². The summed E-state index contributed by atoms with van der Waals surface area (Å²) in [6, 6.07) is 31.0. The molecule has 1 aliphatic heterocycles. The molecule has 584 valence electrons. The van der Waals surface area contributed by atoms with E-state index in [1.165, 1.54) is 14.0 Å². The number of Topliss-reactive ketones (excluding diaryl/α,β-unsaturated/α-hetero) is 5. The maximum Gasteiger partial charge on any atom is 0.316 e. The van der Waals surface area contributed by atoms with Gasteiger partial charge in [0.15, 0.2) is 28.9 Å². The van der Waals surface area contributed by atoms with Crippen molar-refractivity contribution in [3.05, 3.63) is 173 Å². The van der Waals surface area contributed by atoms with Crippen molar-refractivity contribution in [3.8, 4) is 0 Å². The molecule has 1 saturated heterocycles. The number of anilines is 2. The molecule has 0 radical (unpaired) electrons. The molecular formula is C85H110ClN11O12. The van der Waals surface area contributed by atoms with Gasteiger partial charge in [0.2, 0.25) is 35.4 Å². The Hall–Kier alpha value is -10.00. The van der Waals surface area contributed by atoms with Crippen molar-refractivity contribution in [3.63, 3.8) is 0 Å². The summed E-state index contributed by atoms with van der Waals surface area (Å²) < 4.78 is 0. The standard InChI is InChI=1S/C85H110ClN11O12/c1-10-61(47-75(99)73(46-60-17-15-36-90-51-60)95-83(107)65(41-56-23-30-67(86)31-24-56)49-77(101)71(91-55(7)98)45-59-22-29-62-18-11-12-19-63(62)43-59)81(105)94-72(44-58-25-32-68(87)33-26-58)78(102)50-66(42-57-27-34-69(35-28-57)92-85(88)109)82(106)93-70(39-52(2)3)76(100)48-64(20-13-14-37-96(9)53(4)5)84(108)97-38-16-21-74(97)79(103)40-54(6)80(104)89-8/h11-12,15,17-19,22-36,43,51-54,61,64-66,70-74H,10,13-14,16,20-21,37-42,44-50,87H2,1-9H3,(H,89,104)(H,91,98)(H,93,106)(H,94,105)(H,95,107)(H3,88,92,109)/t54-,61+,64+,65-,66-,70-,71+,72-,73+,74-/m0/s1. The van der Waals surface area contributed by atoms with Crippen LogP contribution < -0.4 is 43.4 Å². The van der Waals surface area contributed by atoms with Gasteiger partial charge in [0.25, 0.3) is 0 Å². The number of carbonyl (C=O) groups is 12. The number of carbonyl (C=O) groups excluding carboxylic acids is 12. The first-order valence-corrected chi connectivity index (χ1v) is 38.5. The van der Waals surface area contributed by atoms with Crippen LogP contribution in [0.2, 0.25) is 5.02 Å². The molecule has 1 aromatic heterocycles. The Labute approximate surface area is 645 Å². The fourth-order valence-corrected chi connectivity index (χ4v) is 14.2. The maximum absolute atomic E-state index is 15.4. The number of rotatable bonds is 44. The van der Waals surface area contributed by atoms with Gasteiger partial charge in [0, 0.05) is 123 Å². The smallest absolute Gasteiger partial charge is 0.316 e. The predicted octanol–water partition coefficient (Wildman–Crippen LogP) is 10.0. The van der Waals surface area contributed by atoms with E-state index in [-0.39, 0.29) is 93.8 Å². The second-order valence-electron chi connectivity index (χ2n) is 30.0. The SMILES string of the molecule is CC[C@H](CC(=O)[C@@H](Cc1cccnc1)NC(=O)[C@H](CC(=O)[C@@H](Cc1ccc2ccccc2c1)NC(C)=O)Cc1ccc(Cl)cc1)C(=O)N[C@@H](Cc1ccc(N)cc1)C(=O)C[C@H](Cc1ccc(NC(N)=O)cc1)C(=O)N[C@@H](CC(C)C)C(=O)C[C@@H](CCCCN(C)C(C)C)C(=O)N1CCC[C@H]1C(=O)C[C@H](C)C(=O)NC. The molecule has 8 amide bonds. The number of pyridine rings is 1. The van der Waals surface area contributed by atoms with E-state index in [1.54, 1.807) is 116 Å². The van der Waals surface area contributed by atoms with E-state index in [1.807, 2.05) is 63.4 Å². The van der Waals surface area contributed by atoms with Crippen LogP contribution in [0.4, 0.5) is 16.2 Å². The number of aromatic nitrogens is 1. The lowest BCUT2D eigenvalue weighted by Gasteiger charge is -2.30. The van der Waals surface area contributed by atoms with E-state index in [0.29, 0.717) is 70.9 Å². The van der Waals surface area contributed by atoms with Gasteiger partial charge in [-0.2, -0.15) is 0 Å². The summed E-state index contributed by atoms with van der Waals surface area (Å²) in [5.41, 5.74) is 15.6. The van der Waals surface area contributed by atoms with Crippen LogP contribution in [-0.4, -0.2) is 149 Å². The number of ketones is 5. The molecule has 109 heavy (non-hydrogen) atoms. The number of nitrogen functional groups attached to an aromatic ring is 1. The van der Waals surface area contributed by atoms with E-state index < -0.39 is 125 Å². The highest BCUT2D eigenvalue weighted by Gasteiger charge is 2.41. The first-order valence-electron chi connectivity index (χ1n) is 38.1. The van der Waals surface area contributed by atoms with Gasteiger partial charge in [-0.15, -0.1) is 0 Å². The Morgan fingerprint density at radius 2 is 1.08 bits per heavy atom. The fourth-order valence-electron chi connectivity index (χ4n) is 14.1. The van der Waals surface area contributed by atoms with E-state index >= 15 is 28.8 Å². The lowest BCUT2D eigenvalue weighted by Crippen LogP contribution is -2.50. The van der Waals surface area contributed by atoms with Gasteiger partial charge < -0.3 is 53.2 Å². The van der Waals surface area contributed by atoms with Crippen molar-refractivity contribution in [1.82, 2.24) is 41.4 Å². The predicted molar refractivity (Wildman–Crippen MR) is 423 cm³/mol. The number of unbranched alkanes of at least 4 members (excludes halogenated alkanes) is 1. The van der Waals surface area contributed by atoms with Crippen LogP contribution in [-0.2, 0) is 84.8 Å². The lowest BCUT2D eigenvalue weighted by atomic mass is 9.87. The summed E-state index contributed by atoms with van der Waals surface area (Å²) in [5, 5.41) is 19.3. The number of hydrogen-bond donors (Lipinski definition) is 8. The van der Waals surface area contributed by atoms with Crippen LogP contribution in [0.5, 0.6) is 0 Å². The lowest BCUT2D eigenvalue weighted by molar-refractivity contribution is -0.143. The fraction of sp³-hybridized carbons (Fsp3) is 0.471. The van der Waals surface area contributed by atoms with Crippen LogP contribution in [0.3, 0.4) is 0 Å². The largest absolute Gasteiger partial charge is 0.399 e. The van der Waals surface area contributed by atoms with E-state index in [4.69, 9.17) is 23.1 Å². The number of primary amides is 1. The summed E-state index contributed by atoms with van der Waals surface area (Å²) in [5.74, 6) is -10.2. The van der Waals surface area contributed by atoms with E-state index in [9.17, 15) is 28.8 Å². The first kappa shape index (κ1) is 86.2. The number of urea groups is 1. The van der Waals surface area contributed by atoms with Gasteiger partial charge >= 0.3 is 6.03 Å². The van der Waals surface area contributed by atoms with Crippen LogP contribution in [0, 0.1) is 35.5 Å². The molecule has 1 aliphatic rings. The highest BCUT2D eigenvalue weighted by molar-refractivity contribution is 6.30. The van der Waals surface area contributed by atoms with Gasteiger partial charge in [-0.05, 0) is 179 Å². The molecule has 10 N–H and O–H groups in total. The Bertz CT molecular complexity index is 4100. The molecule has 0 spiro atoms. The summed E-state index contributed by atoms with van der Waals surface area (Å²) in [7, 11) is 3.52. The van der Waals surface area contributed by atoms with Crippen molar-refractivity contribution in [2.45, 2.75) is 194 Å². The third-order valence-electron chi connectivity index (χ3n) is 20.6.